The number of hydrogen-bond acceptors (Lipinski definition) is 3. The molecular formula is C24H30N2O3. The van der Waals surface area contributed by atoms with E-state index >= 15 is 0 Å². The number of ether oxygens (including phenoxy) is 1. The summed E-state index contributed by atoms with van der Waals surface area (Å²) in [5.74, 6) is 0.183. The molecule has 2 amide bonds. The third-order valence-corrected chi connectivity index (χ3v) is 4.92. The Hall–Kier alpha value is -2.82. The molecule has 154 valence electrons. The fourth-order valence-electron chi connectivity index (χ4n) is 3.47. The van der Waals surface area contributed by atoms with Crippen LogP contribution in [0.25, 0.3) is 0 Å². The highest BCUT2D eigenvalue weighted by atomic mass is 16.5. The molecule has 5 heteroatoms. The first-order valence-corrected chi connectivity index (χ1v) is 10.2. The summed E-state index contributed by atoms with van der Waals surface area (Å²) in [6, 6.07) is 13.1. The van der Waals surface area contributed by atoms with Gasteiger partial charge in [0.15, 0.2) is 6.10 Å². The van der Waals surface area contributed by atoms with E-state index in [-0.39, 0.29) is 17.4 Å². The highest BCUT2D eigenvalue weighted by Gasteiger charge is 2.21. The van der Waals surface area contributed by atoms with Gasteiger partial charge in [-0.2, -0.15) is 0 Å². The molecule has 0 heterocycles. The van der Waals surface area contributed by atoms with Gasteiger partial charge in [0.1, 0.15) is 5.75 Å². The van der Waals surface area contributed by atoms with Crippen LogP contribution in [0.3, 0.4) is 0 Å². The maximum absolute atomic E-state index is 12.7. The lowest BCUT2D eigenvalue weighted by Crippen LogP contribution is -2.41. The summed E-state index contributed by atoms with van der Waals surface area (Å²) in [5, 5.41) is 5.76. The number of hydrogen-bond donors (Lipinski definition) is 2. The van der Waals surface area contributed by atoms with Crippen LogP contribution >= 0.6 is 0 Å². The van der Waals surface area contributed by atoms with Crippen molar-refractivity contribution in [2.45, 2.75) is 65.0 Å². The normalized spacial score (nSPS) is 14.5. The maximum atomic E-state index is 12.7. The fourth-order valence-corrected chi connectivity index (χ4v) is 3.47. The molecule has 0 bridgehead atoms. The van der Waals surface area contributed by atoms with Crippen molar-refractivity contribution in [3.63, 3.8) is 0 Å². The average molecular weight is 395 g/mol. The van der Waals surface area contributed by atoms with Crippen molar-refractivity contribution in [2.24, 2.45) is 0 Å². The second-order valence-electron chi connectivity index (χ2n) is 8.64. The number of anilines is 1. The predicted molar refractivity (Wildman–Crippen MR) is 115 cm³/mol. The van der Waals surface area contributed by atoms with Crippen LogP contribution < -0.4 is 15.4 Å². The van der Waals surface area contributed by atoms with E-state index in [1.807, 2.05) is 32.9 Å². The molecule has 3 rings (SSSR count). The van der Waals surface area contributed by atoms with Crippen molar-refractivity contribution in [2.75, 3.05) is 5.32 Å². The minimum Gasteiger partial charge on any atom is -0.481 e. The smallest absolute Gasteiger partial charge is 0.265 e. The molecule has 0 radical (unpaired) electrons. The number of amides is 2. The van der Waals surface area contributed by atoms with Gasteiger partial charge in [0.25, 0.3) is 11.8 Å². The Kier molecular flexibility index (Phi) is 6.26. The molecule has 0 spiro atoms. The van der Waals surface area contributed by atoms with Gasteiger partial charge in [-0.05, 0) is 88.8 Å². The fraction of sp³-hybridized carbons (Fsp3) is 0.417. The van der Waals surface area contributed by atoms with Crippen LogP contribution in [0.5, 0.6) is 5.75 Å². The summed E-state index contributed by atoms with van der Waals surface area (Å²) < 4.78 is 5.88. The molecule has 0 saturated heterocycles. The minimum absolute atomic E-state index is 0.225. The van der Waals surface area contributed by atoms with Crippen molar-refractivity contribution >= 4 is 17.5 Å². The Balaban J connectivity index is 1.68. The number of benzene rings is 2. The van der Waals surface area contributed by atoms with Gasteiger partial charge in [-0.15, -0.1) is 0 Å². The van der Waals surface area contributed by atoms with Crippen LogP contribution in [0.4, 0.5) is 5.69 Å². The Morgan fingerprint density at radius 3 is 2.41 bits per heavy atom. The van der Waals surface area contributed by atoms with Crippen molar-refractivity contribution in [3.8, 4) is 5.75 Å². The molecule has 2 N–H and O–H groups in total. The maximum Gasteiger partial charge on any atom is 0.265 e. The van der Waals surface area contributed by atoms with E-state index in [0.29, 0.717) is 17.0 Å². The molecule has 0 saturated carbocycles. The second-order valence-corrected chi connectivity index (χ2v) is 8.64. The highest BCUT2D eigenvalue weighted by Crippen LogP contribution is 2.26. The van der Waals surface area contributed by atoms with Gasteiger partial charge < -0.3 is 15.4 Å². The Bertz CT molecular complexity index is 899. The van der Waals surface area contributed by atoms with E-state index < -0.39 is 6.10 Å². The van der Waals surface area contributed by atoms with E-state index in [4.69, 9.17) is 4.74 Å². The van der Waals surface area contributed by atoms with E-state index in [2.05, 4.69) is 16.7 Å². The monoisotopic (exact) mass is 394 g/mol. The number of fused-ring (bicyclic) bond motifs is 1. The summed E-state index contributed by atoms with van der Waals surface area (Å²) in [4.78, 5) is 25.3. The number of nitrogens with one attached hydrogen (secondary N) is 2. The molecule has 0 unspecified atom stereocenters. The second kappa shape index (κ2) is 8.68. The minimum atomic E-state index is -0.685. The average Bonchev–Trinajstić information content (AvgIpc) is 2.67. The van der Waals surface area contributed by atoms with Crippen LogP contribution in [0, 0.1) is 0 Å². The Morgan fingerprint density at radius 2 is 1.69 bits per heavy atom. The molecule has 2 aromatic carbocycles. The topological polar surface area (TPSA) is 67.4 Å². The quantitative estimate of drug-likeness (QED) is 0.785. The van der Waals surface area contributed by atoms with Crippen molar-refractivity contribution in [3.05, 3.63) is 59.2 Å². The van der Waals surface area contributed by atoms with Gasteiger partial charge in [-0.1, -0.05) is 18.2 Å². The number of carbonyl (C=O) groups excluding carboxylic acids is 2. The van der Waals surface area contributed by atoms with Gasteiger partial charge in [0, 0.05) is 5.54 Å². The molecule has 29 heavy (non-hydrogen) atoms. The highest BCUT2D eigenvalue weighted by molar-refractivity contribution is 6.04. The summed E-state index contributed by atoms with van der Waals surface area (Å²) in [6.07, 6.45) is 3.91. The molecule has 0 aromatic heterocycles. The molecule has 2 aromatic rings. The largest absolute Gasteiger partial charge is 0.481 e. The first kappa shape index (κ1) is 20.9. The van der Waals surface area contributed by atoms with E-state index in [0.717, 1.165) is 12.8 Å². The molecular weight excluding hydrogens is 364 g/mol. The van der Waals surface area contributed by atoms with Crippen LogP contribution in [-0.4, -0.2) is 23.5 Å². The molecule has 0 aliphatic heterocycles. The van der Waals surface area contributed by atoms with Gasteiger partial charge >= 0.3 is 0 Å². The van der Waals surface area contributed by atoms with E-state index in [1.54, 1.807) is 31.2 Å². The Labute approximate surface area is 172 Å². The van der Waals surface area contributed by atoms with E-state index in [1.165, 1.54) is 24.0 Å². The lowest BCUT2D eigenvalue weighted by molar-refractivity contribution is -0.122. The molecule has 5 nitrogen and oxygen atoms in total. The zero-order chi connectivity index (χ0) is 21.0. The van der Waals surface area contributed by atoms with Crippen molar-refractivity contribution in [1.82, 2.24) is 5.32 Å². The molecule has 1 aliphatic rings. The number of rotatable bonds is 5. The summed E-state index contributed by atoms with van der Waals surface area (Å²) in [7, 11) is 0. The SMILES string of the molecule is C[C@@H](Oc1ccc2c(c1)CCCC2)C(=O)Nc1ccccc1C(=O)NC(C)(C)C. The molecule has 0 fully saturated rings. The van der Waals surface area contributed by atoms with Crippen LogP contribution in [0.15, 0.2) is 42.5 Å². The Morgan fingerprint density at radius 1 is 1.00 bits per heavy atom. The van der Waals surface area contributed by atoms with Crippen LogP contribution in [0.1, 0.15) is 62.0 Å². The standard InChI is InChI=1S/C24H30N2O3/c1-16(29-19-14-13-17-9-5-6-10-18(17)15-19)22(27)25-21-12-8-7-11-20(21)23(28)26-24(2,3)4/h7-8,11-16H,5-6,9-10H2,1-4H3,(H,25,27)(H,26,28)/t16-/m1/s1. The zero-order valence-corrected chi connectivity index (χ0v) is 17.7. The summed E-state index contributed by atoms with van der Waals surface area (Å²) in [6.45, 7) is 7.47. The van der Waals surface area contributed by atoms with Crippen molar-refractivity contribution in [1.29, 1.82) is 0 Å². The van der Waals surface area contributed by atoms with Gasteiger partial charge in [-0.25, -0.2) is 0 Å². The third kappa shape index (κ3) is 5.59. The van der Waals surface area contributed by atoms with Crippen molar-refractivity contribution < 1.29 is 14.3 Å². The zero-order valence-electron chi connectivity index (χ0n) is 17.7. The molecule has 1 aliphatic carbocycles. The number of carbonyl (C=O) groups is 2. The van der Waals surface area contributed by atoms with Crippen LogP contribution in [0.2, 0.25) is 0 Å². The number of para-hydroxylation sites is 1. The van der Waals surface area contributed by atoms with E-state index in [9.17, 15) is 9.59 Å². The summed E-state index contributed by atoms with van der Waals surface area (Å²) in [5.41, 5.74) is 3.22. The first-order chi connectivity index (χ1) is 13.7. The third-order valence-electron chi connectivity index (χ3n) is 4.92. The number of aryl methyl sites for hydroxylation is 2. The van der Waals surface area contributed by atoms with Gasteiger partial charge in [0.2, 0.25) is 0 Å². The lowest BCUT2D eigenvalue weighted by atomic mass is 9.92. The first-order valence-electron chi connectivity index (χ1n) is 10.2. The molecule has 1 atom stereocenters. The van der Waals surface area contributed by atoms with Gasteiger partial charge in [0.05, 0.1) is 11.3 Å². The summed E-state index contributed by atoms with van der Waals surface area (Å²) >= 11 is 0. The van der Waals surface area contributed by atoms with Crippen LogP contribution in [-0.2, 0) is 17.6 Å². The predicted octanol–water partition coefficient (Wildman–Crippen LogP) is 4.50. The lowest BCUT2D eigenvalue weighted by Gasteiger charge is -2.22. The van der Waals surface area contributed by atoms with Gasteiger partial charge in [-0.3, -0.25) is 9.59 Å².